The average Bonchev–Trinajstić information content (AvgIpc) is 2.55. The molecule has 1 amide bonds. The topological polar surface area (TPSA) is 46.6 Å². The first-order chi connectivity index (χ1) is 11.5. The number of benzene rings is 2. The summed E-state index contributed by atoms with van der Waals surface area (Å²) >= 11 is 0. The molecule has 0 saturated heterocycles. The fourth-order valence-corrected chi connectivity index (χ4v) is 2.27. The summed E-state index contributed by atoms with van der Waals surface area (Å²) < 4.78 is 5.17. The molecule has 2 aromatic carbocycles. The first kappa shape index (κ1) is 17.5. The Labute approximate surface area is 142 Å². The molecule has 0 radical (unpaired) electrons. The Hall–Kier alpha value is -2.88. The van der Waals surface area contributed by atoms with Gasteiger partial charge in [-0.25, -0.2) is 0 Å². The summed E-state index contributed by atoms with van der Waals surface area (Å²) in [6, 6.07) is 15.3. The van der Waals surface area contributed by atoms with E-state index < -0.39 is 0 Å². The van der Waals surface area contributed by atoms with Crippen LogP contribution >= 0.6 is 0 Å². The first-order valence-corrected chi connectivity index (χ1v) is 7.72. The zero-order valence-electron chi connectivity index (χ0n) is 14.2. The molecule has 0 unspecified atom stereocenters. The number of nitrogens with zero attached hydrogens (tertiary/aromatic N) is 1. The summed E-state index contributed by atoms with van der Waals surface area (Å²) in [7, 11) is 1.75. The Bertz CT molecular complexity index is 751. The van der Waals surface area contributed by atoms with E-state index in [-0.39, 0.29) is 11.9 Å². The van der Waals surface area contributed by atoms with Crippen LogP contribution in [0.25, 0.3) is 6.08 Å². The second-order valence-electron chi connectivity index (χ2n) is 5.65. The van der Waals surface area contributed by atoms with Crippen LogP contribution in [0.4, 0.5) is 0 Å². The molecule has 0 aliphatic rings. The molecule has 0 aliphatic carbocycles. The van der Waals surface area contributed by atoms with Gasteiger partial charge in [0.05, 0.1) is 0 Å². The molecule has 124 valence electrons. The van der Waals surface area contributed by atoms with E-state index in [1.165, 1.54) is 13.0 Å². The number of esters is 1. The second-order valence-corrected chi connectivity index (χ2v) is 5.65. The summed E-state index contributed by atoms with van der Waals surface area (Å²) in [6.45, 7) is 3.83. The Kier molecular flexibility index (Phi) is 5.90. The number of amides is 1. The molecule has 4 heteroatoms. The molecule has 4 nitrogen and oxygen atoms in total. The van der Waals surface area contributed by atoms with Gasteiger partial charge in [-0.2, -0.15) is 0 Å². The normalized spacial score (nSPS) is 10.6. The van der Waals surface area contributed by atoms with Crippen molar-refractivity contribution in [2.45, 2.75) is 20.4 Å². The maximum absolute atomic E-state index is 12.3. The highest BCUT2D eigenvalue weighted by molar-refractivity contribution is 5.92. The maximum atomic E-state index is 12.3. The number of carbonyl (C=O) groups excluding carboxylic acids is 2. The van der Waals surface area contributed by atoms with Gasteiger partial charge in [-0.05, 0) is 30.7 Å². The molecule has 0 bridgehead atoms. The zero-order chi connectivity index (χ0) is 17.5. The molecule has 2 rings (SSSR count). The molecule has 0 spiro atoms. The lowest BCUT2D eigenvalue weighted by Gasteiger charge is -2.15. The Balaban J connectivity index is 2.10. The third-order valence-corrected chi connectivity index (χ3v) is 3.46. The molecular formula is C20H21NO3. The van der Waals surface area contributed by atoms with Crippen LogP contribution in [0.15, 0.2) is 54.6 Å². The third kappa shape index (κ3) is 5.09. The average molecular weight is 323 g/mol. The number of rotatable bonds is 5. The van der Waals surface area contributed by atoms with E-state index in [1.807, 2.05) is 49.4 Å². The summed E-state index contributed by atoms with van der Waals surface area (Å²) in [4.78, 5) is 25.1. The van der Waals surface area contributed by atoms with E-state index in [9.17, 15) is 9.59 Å². The highest BCUT2D eigenvalue weighted by Gasteiger charge is 2.08. The van der Waals surface area contributed by atoms with Crippen molar-refractivity contribution in [3.05, 3.63) is 71.3 Å². The molecule has 0 heterocycles. The maximum Gasteiger partial charge on any atom is 0.308 e. The van der Waals surface area contributed by atoms with E-state index in [1.54, 1.807) is 24.1 Å². The predicted octanol–water partition coefficient (Wildman–Crippen LogP) is 3.59. The van der Waals surface area contributed by atoms with Gasteiger partial charge in [0, 0.05) is 32.2 Å². The van der Waals surface area contributed by atoms with Gasteiger partial charge < -0.3 is 9.64 Å². The van der Waals surface area contributed by atoms with Crippen molar-refractivity contribution in [2.75, 3.05) is 7.05 Å². The van der Waals surface area contributed by atoms with E-state index >= 15 is 0 Å². The summed E-state index contributed by atoms with van der Waals surface area (Å²) in [5.41, 5.74) is 2.79. The van der Waals surface area contributed by atoms with E-state index in [0.29, 0.717) is 17.9 Å². The predicted molar refractivity (Wildman–Crippen MR) is 94.4 cm³/mol. The van der Waals surface area contributed by atoms with Crippen LogP contribution in [0.3, 0.4) is 0 Å². The zero-order valence-corrected chi connectivity index (χ0v) is 14.2. The van der Waals surface area contributed by atoms with E-state index in [4.69, 9.17) is 4.74 Å². The smallest absolute Gasteiger partial charge is 0.308 e. The van der Waals surface area contributed by atoms with E-state index in [0.717, 1.165) is 11.1 Å². The van der Waals surface area contributed by atoms with Crippen molar-refractivity contribution in [2.24, 2.45) is 0 Å². The minimum atomic E-state index is -0.388. The van der Waals surface area contributed by atoms with Gasteiger partial charge in [-0.15, -0.1) is 0 Å². The third-order valence-electron chi connectivity index (χ3n) is 3.46. The number of hydrogen-bond acceptors (Lipinski definition) is 3. The van der Waals surface area contributed by atoms with Gasteiger partial charge in [0.25, 0.3) is 0 Å². The summed E-state index contributed by atoms with van der Waals surface area (Å²) in [5, 5.41) is 0. The number of aryl methyl sites for hydroxylation is 1. The second kappa shape index (κ2) is 8.11. The quantitative estimate of drug-likeness (QED) is 0.480. The lowest BCUT2D eigenvalue weighted by molar-refractivity contribution is -0.132. The Morgan fingerprint density at radius 3 is 2.50 bits per heavy atom. The van der Waals surface area contributed by atoms with E-state index in [2.05, 4.69) is 0 Å². The monoisotopic (exact) mass is 323 g/mol. The van der Waals surface area contributed by atoms with Crippen LogP contribution in [0, 0.1) is 6.92 Å². The molecule has 24 heavy (non-hydrogen) atoms. The van der Waals surface area contributed by atoms with Crippen LogP contribution in [-0.2, 0) is 16.1 Å². The summed E-state index contributed by atoms with van der Waals surface area (Å²) in [6.07, 6.45) is 3.17. The van der Waals surface area contributed by atoms with Crippen molar-refractivity contribution in [3.63, 3.8) is 0 Å². The largest absolute Gasteiger partial charge is 0.426 e. The van der Waals surface area contributed by atoms with Crippen LogP contribution in [0.5, 0.6) is 5.75 Å². The van der Waals surface area contributed by atoms with Gasteiger partial charge >= 0.3 is 5.97 Å². The van der Waals surface area contributed by atoms with Crippen molar-refractivity contribution in [1.82, 2.24) is 4.90 Å². The number of ether oxygens (including phenoxy) is 1. The molecule has 0 aliphatic heterocycles. The van der Waals surface area contributed by atoms with Gasteiger partial charge in [0.1, 0.15) is 5.75 Å². The van der Waals surface area contributed by atoms with Gasteiger partial charge in [-0.1, -0.05) is 42.0 Å². The molecule has 0 fully saturated rings. The minimum Gasteiger partial charge on any atom is -0.426 e. The fourth-order valence-electron chi connectivity index (χ4n) is 2.27. The molecule has 0 saturated carbocycles. The molecular weight excluding hydrogens is 302 g/mol. The van der Waals surface area contributed by atoms with Crippen LogP contribution in [-0.4, -0.2) is 23.8 Å². The first-order valence-electron chi connectivity index (χ1n) is 7.72. The molecule has 2 aromatic rings. The van der Waals surface area contributed by atoms with Crippen LogP contribution < -0.4 is 4.74 Å². The highest BCUT2D eigenvalue weighted by atomic mass is 16.5. The SMILES string of the molecule is CC(=O)Oc1ccc(C)cc1/C=C\C(=O)N(C)Cc1ccccc1. The van der Waals surface area contributed by atoms with Crippen molar-refractivity contribution in [3.8, 4) is 5.75 Å². The number of hydrogen-bond donors (Lipinski definition) is 0. The molecule has 0 N–H and O–H groups in total. The van der Waals surface area contributed by atoms with Crippen LogP contribution in [0.1, 0.15) is 23.6 Å². The Morgan fingerprint density at radius 2 is 1.83 bits per heavy atom. The molecule has 0 atom stereocenters. The number of carbonyl (C=O) groups is 2. The Morgan fingerprint density at radius 1 is 1.12 bits per heavy atom. The van der Waals surface area contributed by atoms with Gasteiger partial charge in [-0.3, -0.25) is 9.59 Å². The van der Waals surface area contributed by atoms with Crippen molar-refractivity contribution in [1.29, 1.82) is 0 Å². The fraction of sp³-hybridized carbons (Fsp3) is 0.200. The molecule has 0 aromatic heterocycles. The van der Waals surface area contributed by atoms with Crippen molar-refractivity contribution < 1.29 is 14.3 Å². The van der Waals surface area contributed by atoms with Crippen LogP contribution in [0.2, 0.25) is 0 Å². The lowest BCUT2D eigenvalue weighted by Crippen LogP contribution is -2.24. The standard InChI is InChI=1S/C20H21NO3/c1-15-9-11-19(24-16(2)22)18(13-15)10-12-20(23)21(3)14-17-7-5-4-6-8-17/h4-13H,14H2,1-3H3/b12-10-. The highest BCUT2D eigenvalue weighted by Crippen LogP contribution is 2.22. The lowest BCUT2D eigenvalue weighted by atomic mass is 10.1. The van der Waals surface area contributed by atoms with Crippen molar-refractivity contribution >= 4 is 18.0 Å². The summed E-state index contributed by atoms with van der Waals surface area (Å²) in [5.74, 6) is -0.0574. The minimum absolute atomic E-state index is 0.117. The van der Waals surface area contributed by atoms with Gasteiger partial charge in [0.2, 0.25) is 5.91 Å². The number of likely N-dealkylation sites (N-methyl/N-ethyl adjacent to an activating group) is 1. The van der Waals surface area contributed by atoms with Gasteiger partial charge in [0.15, 0.2) is 0 Å².